The number of carbonyl (C=O) groups excluding carboxylic acids is 2. The van der Waals surface area contributed by atoms with Gasteiger partial charge in [-0.05, 0) is 95.3 Å². The van der Waals surface area contributed by atoms with Crippen LogP contribution in [0.25, 0.3) is 0 Å². The molecule has 8 heteroatoms. The van der Waals surface area contributed by atoms with Crippen molar-refractivity contribution in [2.75, 3.05) is 26.4 Å². The molecule has 0 radical (unpaired) electrons. The maximum atomic E-state index is 13.5. The molecule has 3 aliphatic heterocycles. The Labute approximate surface area is 278 Å². The van der Waals surface area contributed by atoms with E-state index in [0.717, 1.165) is 103 Å². The van der Waals surface area contributed by atoms with Gasteiger partial charge in [0.1, 0.15) is 11.6 Å². The van der Waals surface area contributed by atoms with Crippen LogP contribution in [0.3, 0.4) is 0 Å². The molecule has 0 aromatic carbocycles. The van der Waals surface area contributed by atoms with Gasteiger partial charge in [0, 0.05) is 57.5 Å². The van der Waals surface area contributed by atoms with Crippen LogP contribution in [0.4, 0.5) is 0 Å². The molecule has 3 heterocycles. The van der Waals surface area contributed by atoms with Gasteiger partial charge in [0.05, 0.1) is 12.2 Å². The van der Waals surface area contributed by atoms with E-state index in [9.17, 15) is 9.59 Å². The highest BCUT2D eigenvalue weighted by Gasteiger charge is 2.44. The Morgan fingerprint density at radius 2 is 1.59 bits per heavy atom. The second-order valence-electron chi connectivity index (χ2n) is 14.6. The average Bonchev–Trinajstić information content (AvgIpc) is 3.66. The Morgan fingerprint density at radius 1 is 0.870 bits per heavy atom. The van der Waals surface area contributed by atoms with Gasteiger partial charge in [0.15, 0.2) is 18.9 Å². The molecule has 8 nitrogen and oxygen atoms in total. The van der Waals surface area contributed by atoms with E-state index in [0.29, 0.717) is 32.0 Å². The van der Waals surface area contributed by atoms with E-state index in [2.05, 4.69) is 19.1 Å². The van der Waals surface area contributed by atoms with Crippen LogP contribution in [-0.4, -0.2) is 69.1 Å². The molecule has 5 unspecified atom stereocenters. The minimum absolute atomic E-state index is 0.0511. The van der Waals surface area contributed by atoms with Gasteiger partial charge >= 0.3 is 0 Å². The first-order valence-electron chi connectivity index (χ1n) is 19.1. The van der Waals surface area contributed by atoms with Crippen LogP contribution in [0.2, 0.25) is 0 Å². The summed E-state index contributed by atoms with van der Waals surface area (Å²) in [6, 6.07) is 0. The summed E-state index contributed by atoms with van der Waals surface area (Å²) in [6.07, 6.45) is 22.8. The van der Waals surface area contributed by atoms with E-state index in [1.165, 1.54) is 25.7 Å². The molecule has 0 amide bonds. The summed E-state index contributed by atoms with van der Waals surface area (Å²) < 4.78 is 36.6. The van der Waals surface area contributed by atoms with Crippen LogP contribution in [0.1, 0.15) is 135 Å². The quantitative estimate of drug-likeness (QED) is 0.110. The maximum absolute atomic E-state index is 13.5. The lowest BCUT2D eigenvalue weighted by atomic mass is 9.87. The van der Waals surface area contributed by atoms with Crippen molar-refractivity contribution in [3.8, 4) is 0 Å². The molecule has 262 valence electrons. The van der Waals surface area contributed by atoms with Crippen LogP contribution < -0.4 is 0 Å². The first-order chi connectivity index (χ1) is 22.6. The van der Waals surface area contributed by atoms with Crippen molar-refractivity contribution in [1.82, 2.24) is 0 Å². The Hall–Kier alpha value is -1.16. The lowest BCUT2D eigenvalue weighted by molar-refractivity contribution is -0.193. The Bertz CT molecular complexity index is 920. The van der Waals surface area contributed by atoms with Crippen molar-refractivity contribution in [3.05, 3.63) is 12.2 Å². The fourth-order valence-electron chi connectivity index (χ4n) is 8.25. The van der Waals surface area contributed by atoms with Crippen LogP contribution in [0.15, 0.2) is 12.2 Å². The van der Waals surface area contributed by atoms with Crippen molar-refractivity contribution in [2.45, 2.75) is 166 Å². The van der Waals surface area contributed by atoms with Crippen molar-refractivity contribution in [1.29, 1.82) is 0 Å². The van der Waals surface area contributed by atoms with Crippen LogP contribution >= 0.6 is 0 Å². The zero-order valence-corrected chi connectivity index (χ0v) is 28.6. The van der Waals surface area contributed by atoms with Gasteiger partial charge in [0.25, 0.3) is 0 Å². The normalized spacial score (nSPS) is 34.8. The lowest BCUT2D eigenvalue weighted by Crippen LogP contribution is -2.32. The SMILES string of the molecule is CCCC1CCC([C@@H](C=C[C@H]2[C@H](OC3CCCCO3)CC(=O)[C@@H]2CC(=O)CCCCCOC2CCCCO2)OC2CCCCO2)C1. The Morgan fingerprint density at radius 3 is 2.28 bits per heavy atom. The largest absolute Gasteiger partial charge is 0.353 e. The number of hydrogen-bond donors (Lipinski definition) is 0. The Kier molecular flexibility index (Phi) is 15.5. The third-order valence-corrected chi connectivity index (χ3v) is 10.9. The van der Waals surface area contributed by atoms with E-state index in [1.807, 2.05) is 0 Å². The van der Waals surface area contributed by atoms with E-state index >= 15 is 0 Å². The van der Waals surface area contributed by atoms with Crippen molar-refractivity contribution in [3.63, 3.8) is 0 Å². The minimum atomic E-state index is -0.355. The lowest BCUT2D eigenvalue weighted by Gasteiger charge is -2.31. The molecule has 0 aromatic heterocycles. The number of ketones is 2. The molecule has 5 aliphatic rings. The molecule has 0 N–H and O–H groups in total. The summed E-state index contributed by atoms with van der Waals surface area (Å²) in [5, 5.41) is 0. The van der Waals surface area contributed by atoms with Crippen molar-refractivity contribution >= 4 is 11.6 Å². The first kappa shape index (κ1) is 36.1. The van der Waals surface area contributed by atoms with Gasteiger partial charge in [-0.25, -0.2) is 0 Å². The van der Waals surface area contributed by atoms with Gasteiger partial charge in [-0.3, -0.25) is 9.59 Å². The number of unbranched alkanes of at least 4 members (excludes halogenated alkanes) is 2. The molecule has 0 aromatic rings. The summed E-state index contributed by atoms with van der Waals surface area (Å²) in [6.45, 7) is 5.19. The highest BCUT2D eigenvalue weighted by molar-refractivity contribution is 5.90. The average molecular weight is 647 g/mol. The van der Waals surface area contributed by atoms with Crippen LogP contribution in [0, 0.1) is 23.7 Å². The van der Waals surface area contributed by atoms with E-state index in [1.54, 1.807) is 0 Å². The van der Waals surface area contributed by atoms with Crippen molar-refractivity contribution < 1.29 is 38.0 Å². The topological polar surface area (TPSA) is 89.5 Å². The predicted octanol–water partition coefficient (Wildman–Crippen LogP) is 7.85. The molecule has 5 rings (SSSR count). The molecular formula is C38H62O8. The fraction of sp³-hybridized carbons (Fsp3) is 0.895. The Balaban J connectivity index is 1.19. The predicted molar refractivity (Wildman–Crippen MR) is 176 cm³/mol. The molecule has 2 saturated carbocycles. The highest BCUT2D eigenvalue weighted by Crippen LogP contribution is 2.40. The molecule has 0 spiro atoms. The van der Waals surface area contributed by atoms with Crippen LogP contribution in [-0.2, 0) is 38.0 Å². The number of carbonyl (C=O) groups is 2. The van der Waals surface area contributed by atoms with Gasteiger partial charge in [0.2, 0.25) is 0 Å². The number of rotatable bonds is 18. The monoisotopic (exact) mass is 646 g/mol. The third kappa shape index (κ3) is 11.5. The minimum Gasteiger partial charge on any atom is -0.353 e. The number of hydrogen-bond acceptors (Lipinski definition) is 8. The second kappa shape index (κ2) is 19.7. The van der Waals surface area contributed by atoms with Gasteiger partial charge in [-0.1, -0.05) is 44.8 Å². The third-order valence-electron chi connectivity index (χ3n) is 10.9. The number of ether oxygens (including phenoxy) is 6. The summed E-state index contributed by atoms with van der Waals surface area (Å²) in [4.78, 5) is 26.7. The highest BCUT2D eigenvalue weighted by atomic mass is 16.7. The molecule has 9 atom stereocenters. The van der Waals surface area contributed by atoms with E-state index in [-0.39, 0.29) is 60.9 Å². The molecule has 5 fully saturated rings. The van der Waals surface area contributed by atoms with Gasteiger partial charge in [-0.15, -0.1) is 0 Å². The van der Waals surface area contributed by atoms with E-state index < -0.39 is 0 Å². The smallest absolute Gasteiger partial charge is 0.158 e. The summed E-state index contributed by atoms with van der Waals surface area (Å²) in [5.74, 6) is 1.01. The van der Waals surface area contributed by atoms with Gasteiger partial charge < -0.3 is 28.4 Å². The number of Topliss-reactive ketones (excluding diaryl/α,β-unsaturated/α-hetero) is 2. The summed E-state index contributed by atoms with van der Waals surface area (Å²) >= 11 is 0. The first-order valence-corrected chi connectivity index (χ1v) is 19.1. The second-order valence-corrected chi connectivity index (χ2v) is 14.6. The summed E-state index contributed by atoms with van der Waals surface area (Å²) in [7, 11) is 0. The molecule has 0 bridgehead atoms. The zero-order chi connectivity index (χ0) is 32.0. The van der Waals surface area contributed by atoms with Crippen molar-refractivity contribution in [2.24, 2.45) is 23.7 Å². The molecule has 3 saturated heterocycles. The summed E-state index contributed by atoms with van der Waals surface area (Å²) in [5.41, 5.74) is 0. The maximum Gasteiger partial charge on any atom is 0.158 e. The van der Waals surface area contributed by atoms with E-state index in [4.69, 9.17) is 28.4 Å². The fourth-order valence-corrected chi connectivity index (χ4v) is 8.25. The molecular weight excluding hydrogens is 584 g/mol. The molecule has 2 aliphatic carbocycles. The van der Waals surface area contributed by atoms with Gasteiger partial charge in [-0.2, -0.15) is 0 Å². The standard InChI is InChI=1S/C38H62O8/c1-2-12-28-17-18-29(25-28)34(45-37-15-6-10-23-43-37)20-19-31-32(33(40)27-35(31)46-38-16-7-11-24-44-38)26-30(39)13-4-3-8-21-41-36-14-5-9-22-42-36/h19-20,28-29,31-32,34-38H,2-18,21-27H2,1H3/t28?,29?,31-,32-,34-,35-,36?,37?,38?/m1/s1. The zero-order valence-electron chi connectivity index (χ0n) is 28.6. The van der Waals surface area contributed by atoms with Crippen LogP contribution in [0.5, 0.6) is 0 Å². The molecule has 46 heavy (non-hydrogen) atoms.